The minimum atomic E-state index is -1.18. The largest absolute Gasteiger partial charge is 0.545 e. The van der Waals surface area contributed by atoms with E-state index in [0.717, 1.165) is 42.5 Å². The third-order valence-corrected chi connectivity index (χ3v) is 4.93. The monoisotopic (exact) mass is 280 g/mol. The first-order valence-corrected chi connectivity index (χ1v) is 7.56. The molecule has 0 fully saturated rings. The molecule has 0 aromatic carbocycles. The first-order valence-electron chi connectivity index (χ1n) is 6.75. The SMILES string of the molecule is CCC(CC)C(=O)Nc1sc2c(c1C(=O)[O-])CCC2. The van der Waals surface area contributed by atoms with Gasteiger partial charge >= 0.3 is 0 Å². The number of anilines is 1. The topological polar surface area (TPSA) is 69.2 Å². The first kappa shape index (κ1) is 14.1. The predicted molar refractivity (Wildman–Crippen MR) is 73.4 cm³/mol. The number of carbonyl (C=O) groups is 2. The van der Waals surface area contributed by atoms with Gasteiger partial charge in [0.15, 0.2) is 0 Å². The summed E-state index contributed by atoms with van der Waals surface area (Å²) >= 11 is 1.39. The van der Waals surface area contributed by atoms with Crippen LogP contribution in [0.25, 0.3) is 0 Å². The molecule has 104 valence electrons. The maximum Gasteiger partial charge on any atom is 0.228 e. The van der Waals surface area contributed by atoms with Gasteiger partial charge in [0.1, 0.15) is 5.00 Å². The van der Waals surface area contributed by atoms with E-state index in [4.69, 9.17) is 0 Å². The van der Waals surface area contributed by atoms with E-state index in [1.807, 2.05) is 13.8 Å². The van der Waals surface area contributed by atoms with Crippen molar-refractivity contribution >= 4 is 28.2 Å². The van der Waals surface area contributed by atoms with Gasteiger partial charge in [0.2, 0.25) is 5.91 Å². The van der Waals surface area contributed by atoms with Crippen LogP contribution >= 0.6 is 11.3 Å². The first-order chi connectivity index (χ1) is 9.08. The number of amides is 1. The van der Waals surface area contributed by atoms with Crippen molar-refractivity contribution in [2.24, 2.45) is 5.92 Å². The van der Waals surface area contributed by atoms with Gasteiger partial charge in [-0.05, 0) is 37.7 Å². The maximum atomic E-state index is 12.1. The predicted octanol–water partition coefficient (Wildman–Crippen LogP) is 1.97. The van der Waals surface area contributed by atoms with E-state index in [-0.39, 0.29) is 17.4 Å². The summed E-state index contributed by atoms with van der Waals surface area (Å²) in [6.07, 6.45) is 4.18. The highest BCUT2D eigenvalue weighted by Gasteiger charge is 2.25. The smallest absolute Gasteiger partial charge is 0.228 e. The molecule has 0 unspecified atom stereocenters. The number of rotatable bonds is 5. The van der Waals surface area contributed by atoms with Crippen LogP contribution in [-0.2, 0) is 17.6 Å². The number of carbonyl (C=O) groups excluding carboxylic acids is 2. The van der Waals surface area contributed by atoms with Gasteiger partial charge in [0.05, 0.1) is 5.97 Å². The van der Waals surface area contributed by atoms with Gasteiger partial charge in [-0.2, -0.15) is 0 Å². The van der Waals surface area contributed by atoms with Crippen LogP contribution in [0.1, 0.15) is 53.9 Å². The van der Waals surface area contributed by atoms with Crippen molar-refractivity contribution in [3.05, 3.63) is 16.0 Å². The number of nitrogens with one attached hydrogen (secondary N) is 1. The van der Waals surface area contributed by atoms with Crippen molar-refractivity contribution in [1.82, 2.24) is 0 Å². The Balaban J connectivity index is 2.26. The molecule has 1 aliphatic rings. The molecular weight excluding hydrogens is 262 g/mol. The molecule has 4 nitrogen and oxygen atoms in total. The lowest BCUT2D eigenvalue weighted by molar-refractivity contribution is -0.254. The quantitative estimate of drug-likeness (QED) is 0.896. The van der Waals surface area contributed by atoms with Crippen molar-refractivity contribution in [3.63, 3.8) is 0 Å². The summed E-state index contributed by atoms with van der Waals surface area (Å²) in [6, 6.07) is 0. The maximum absolute atomic E-state index is 12.1. The van der Waals surface area contributed by atoms with Gasteiger partial charge in [-0.15, -0.1) is 11.3 Å². The van der Waals surface area contributed by atoms with Crippen molar-refractivity contribution in [2.45, 2.75) is 46.0 Å². The molecule has 0 saturated carbocycles. The van der Waals surface area contributed by atoms with Gasteiger partial charge in [-0.25, -0.2) is 0 Å². The average molecular weight is 280 g/mol. The van der Waals surface area contributed by atoms with Crippen LogP contribution < -0.4 is 10.4 Å². The van der Waals surface area contributed by atoms with Crippen LogP contribution in [0.4, 0.5) is 5.00 Å². The van der Waals surface area contributed by atoms with Crippen LogP contribution in [0.5, 0.6) is 0 Å². The Kier molecular flexibility index (Phi) is 4.24. The normalized spacial score (nSPS) is 13.6. The molecule has 19 heavy (non-hydrogen) atoms. The van der Waals surface area contributed by atoms with Crippen LogP contribution in [0, 0.1) is 5.92 Å². The van der Waals surface area contributed by atoms with Crippen LogP contribution in [0.2, 0.25) is 0 Å². The number of carboxylic acids is 1. The Morgan fingerprint density at radius 3 is 2.58 bits per heavy atom. The third-order valence-electron chi connectivity index (χ3n) is 3.72. The average Bonchev–Trinajstić information content (AvgIpc) is 2.89. The zero-order valence-electron chi connectivity index (χ0n) is 11.2. The molecule has 0 spiro atoms. The lowest BCUT2D eigenvalue weighted by Gasteiger charge is -2.14. The molecule has 0 saturated heterocycles. The van der Waals surface area contributed by atoms with Gasteiger partial charge in [-0.3, -0.25) is 4.79 Å². The summed E-state index contributed by atoms with van der Waals surface area (Å²) in [5.41, 5.74) is 1.07. The zero-order valence-corrected chi connectivity index (χ0v) is 12.1. The molecule has 1 amide bonds. The molecule has 0 radical (unpaired) electrons. The van der Waals surface area contributed by atoms with Gasteiger partial charge < -0.3 is 15.2 Å². The van der Waals surface area contributed by atoms with E-state index in [1.165, 1.54) is 11.3 Å². The highest BCUT2D eigenvalue weighted by molar-refractivity contribution is 7.17. The molecule has 0 aliphatic heterocycles. The fourth-order valence-corrected chi connectivity index (χ4v) is 3.86. The summed E-state index contributed by atoms with van der Waals surface area (Å²) in [6.45, 7) is 3.92. The number of carboxylic acid groups (broad SMARTS) is 1. The van der Waals surface area contributed by atoms with Crippen molar-refractivity contribution < 1.29 is 14.7 Å². The molecule has 1 aromatic heterocycles. The second-order valence-corrected chi connectivity index (χ2v) is 5.96. The Hall–Kier alpha value is -1.36. The van der Waals surface area contributed by atoms with Gasteiger partial charge in [-0.1, -0.05) is 13.8 Å². The highest BCUT2D eigenvalue weighted by atomic mass is 32.1. The van der Waals surface area contributed by atoms with Crippen molar-refractivity contribution in [2.75, 3.05) is 5.32 Å². The molecule has 1 aliphatic carbocycles. The molecule has 2 rings (SSSR count). The van der Waals surface area contributed by atoms with Gasteiger partial charge in [0, 0.05) is 16.4 Å². The second-order valence-electron chi connectivity index (χ2n) is 4.85. The molecule has 1 N–H and O–H groups in total. The fraction of sp³-hybridized carbons (Fsp3) is 0.571. The van der Waals surface area contributed by atoms with E-state index in [1.54, 1.807) is 0 Å². The van der Waals surface area contributed by atoms with E-state index in [0.29, 0.717) is 5.00 Å². The Morgan fingerprint density at radius 2 is 2.00 bits per heavy atom. The Labute approximate surface area is 116 Å². The van der Waals surface area contributed by atoms with E-state index < -0.39 is 5.97 Å². The van der Waals surface area contributed by atoms with Crippen LogP contribution in [0.15, 0.2) is 0 Å². The third kappa shape index (κ3) is 2.66. The number of thiophene rings is 1. The van der Waals surface area contributed by atoms with Crippen molar-refractivity contribution in [3.8, 4) is 0 Å². The molecule has 0 atom stereocenters. The van der Waals surface area contributed by atoms with E-state index >= 15 is 0 Å². The number of hydrogen-bond donors (Lipinski definition) is 1. The molecule has 1 heterocycles. The lowest BCUT2D eigenvalue weighted by Crippen LogP contribution is -2.26. The summed E-state index contributed by atoms with van der Waals surface area (Å²) in [5, 5.41) is 14.5. The molecule has 5 heteroatoms. The summed E-state index contributed by atoms with van der Waals surface area (Å²) < 4.78 is 0. The fourth-order valence-electron chi connectivity index (χ4n) is 2.58. The number of hydrogen-bond acceptors (Lipinski definition) is 4. The summed E-state index contributed by atoms with van der Waals surface area (Å²) in [5.74, 6) is -1.33. The summed E-state index contributed by atoms with van der Waals surface area (Å²) in [4.78, 5) is 24.4. The molecule has 1 aromatic rings. The van der Waals surface area contributed by atoms with Crippen molar-refractivity contribution in [1.29, 1.82) is 0 Å². The number of aryl methyl sites for hydroxylation is 1. The molecular formula is C14H18NO3S-. The summed E-state index contributed by atoms with van der Waals surface area (Å²) in [7, 11) is 0. The second kappa shape index (κ2) is 5.74. The van der Waals surface area contributed by atoms with E-state index in [9.17, 15) is 14.7 Å². The number of aromatic carboxylic acids is 1. The van der Waals surface area contributed by atoms with Crippen LogP contribution in [-0.4, -0.2) is 11.9 Å². The number of fused-ring (bicyclic) bond motifs is 1. The molecule has 0 bridgehead atoms. The zero-order chi connectivity index (χ0) is 14.0. The minimum Gasteiger partial charge on any atom is -0.545 e. The highest BCUT2D eigenvalue weighted by Crippen LogP contribution is 2.39. The standard InChI is InChI=1S/C14H19NO3S/c1-3-8(4-2)12(16)15-13-11(14(17)18)9-6-5-7-10(9)19-13/h8H,3-7H2,1-2H3,(H,15,16)(H,17,18)/p-1. The minimum absolute atomic E-state index is 0.0634. The Bertz CT molecular complexity index is 503. The van der Waals surface area contributed by atoms with E-state index in [2.05, 4.69) is 5.32 Å². The van der Waals surface area contributed by atoms with Gasteiger partial charge in [0.25, 0.3) is 0 Å². The Morgan fingerprint density at radius 1 is 1.32 bits per heavy atom. The lowest BCUT2D eigenvalue weighted by atomic mass is 10.0. The van der Waals surface area contributed by atoms with Crippen LogP contribution in [0.3, 0.4) is 0 Å².